The lowest BCUT2D eigenvalue weighted by atomic mass is 9.84. The first-order valence-corrected chi connectivity index (χ1v) is 5.90. The number of anilines is 2. The highest BCUT2D eigenvalue weighted by molar-refractivity contribution is 6.54. The highest BCUT2D eigenvalue weighted by atomic mass is 16.3. The molecule has 2 heterocycles. The van der Waals surface area contributed by atoms with Crippen molar-refractivity contribution in [3.05, 3.63) is 17.8 Å². The van der Waals surface area contributed by atoms with Crippen molar-refractivity contribution >= 4 is 18.6 Å². The fraction of sp³-hybridized carbons (Fsp3) is 0.545. The van der Waals surface area contributed by atoms with Crippen molar-refractivity contribution in [3.8, 4) is 0 Å². The van der Waals surface area contributed by atoms with Crippen molar-refractivity contribution in [1.29, 1.82) is 0 Å². The Morgan fingerprint density at radius 2 is 2.18 bits per heavy atom. The van der Waals surface area contributed by atoms with Gasteiger partial charge in [-0.05, 0) is 19.0 Å². The third-order valence-corrected chi connectivity index (χ3v) is 3.09. The molecule has 0 bridgehead atoms. The highest BCUT2D eigenvalue weighted by Crippen LogP contribution is 2.30. The maximum absolute atomic E-state index is 9.75. The zero-order chi connectivity index (χ0) is 12.4. The van der Waals surface area contributed by atoms with Gasteiger partial charge in [0.25, 0.3) is 0 Å². The first kappa shape index (κ1) is 12.2. The summed E-state index contributed by atoms with van der Waals surface area (Å²) in [6.45, 7) is 3.47. The molecule has 17 heavy (non-hydrogen) atoms. The normalized spacial score (nSPS) is 14.8. The van der Waals surface area contributed by atoms with Crippen LogP contribution in [0.3, 0.4) is 0 Å². The summed E-state index contributed by atoms with van der Waals surface area (Å²) in [4.78, 5) is 8.53. The molecule has 0 saturated heterocycles. The van der Waals surface area contributed by atoms with Crippen LogP contribution in [-0.2, 0) is 6.42 Å². The van der Waals surface area contributed by atoms with Gasteiger partial charge in [-0.15, -0.1) is 0 Å². The van der Waals surface area contributed by atoms with Crippen molar-refractivity contribution in [2.24, 2.45) is 0 Å². The molecular weight excluding hydrogens is 217 g/mol. The summed E-state index contributed by atoms with van der Waals surface area (Å²) in [7, 11) is 1.48. The lowest BCUT2D eigenvalue weighted by molar-refractivity contribution is 0.298. The van der Waals surface area contributed by atoms with Crippen LogP contribution in [0.15, 0.2) is 12.1 Å². The molecular formula is C11H18BN3O2. The molecule has 0 aromatic carbocycles. The van der Waals surface area contributed by atoms with Crippen LogP contribution in [0.4, 0.5) is 11.5 Å². The second kappa shape index (κ2) is 4.93. The topological polar surface area (TPSA) is 59.8 Å². The molecule has 0 unspecified atom stereocenters. The van der Waals surface area contributed by atoms with E-state index in [0.29, 0.717) is 6.42 Å². The predicted molar refractivity (Wildman–Crippen MR) is 69.5 cm³/mol. The van der Waals surface area contributed by atoms with Gasteiger partial charge in [-0.1, -0.05) is 0 Å². The Morgan fingerprint density at radius 1 is 1.41 bits per heavy atom. The van der Waals surface area contributed by atoms with Gasteiger partial charge in [0.2, 0.25) is 0 Å². The second-order valence-corrected chi connectivity index (χ2v) is 4.37. The van der Waals surface area contributed by atoms with E-state index in [4.69, 9.17) is 5.11 Å². The van der Waals surface area contributed by atoms with E-state index < -0.39 is 7.05 Å². The molecule has 2 N–H and O–H groups in total. The molecule has 1 aromatic heterocycles. The number of nitrogens with zero attached hydrogens (tertiary/aromatic N) is 3. The SMILES string of the molecule is CB(O)N1CCN(C)c2ccc(CCO)nc21. The van der Waals surface area contributed by atoms with Crippen molar-refractivity contribution in [2.75, 3.05) is 36.5 Å². The second-order valence-electron chi connectivity index (χ2n) is 4.37. The van der Waals surface area contributed by atoms with Gasteiger partial charge in [-0.2, -0.15) is 0 Å². The van der Waals surface area contributed by atoms with Gasteiger partial charge in [0, 0.05) is 38.9 Å². The smallest absolute Gasteiger partial charge is 0.410 e. The summed E-state index contributed by atoms with van der Waals surface area (Å²) in [5.74, 6) is 0.805. The van der Waals surface area contributed by atoms with Crippen LogP contribution in [-0.4, -0.2) is 48.9 Å². The summed E-state index contributed by atoms with van der Waals surface area (Å²) in [6, 6.07) is 3.93. The minimum absolute atomic E-state index is 0.0936. The average Bonchev–Trinajstić information content (AvgIpc) is 2.29. The van der Waals surface area contributed by atoms with Crippen molar-refractivity contribution in [1.82, 2.24) is 4.98 Å². The Morgan fingerprint density at radius 3 is 2.82 bits per heavy atom. The largest absolute Gasteiger partial charge is 0.432 e. The minimum Gasteiger partial charge on any atom is -0.432 e. The van der Waals surface area contributed by atoms with Crippen molar-refractivity contribution in [3.63, 3.8) is 0 Å². The number of fused-ring (bicyclic) bond motifs is 1. The Labute approximate surface area is 102 Å². The molecule has 0 atom stereocenters. The number of aliphatic hydroxyl groups is 1. The fourth-order valence-corrected chi connectivity index (χ4v) is 2.09. The van der Waals surface area contributed by atoms with E-state index in [9.17, 15) is 5.02 Å². The van der Waals surface area contributed by atoms with Crippen LogP contribution in [0.2, 0.25) is 6.82 Å². The number of likely N-dealkylation sites (N-methyl/N-ethyl adjacent to an activating group) is 1. The van der Waals surface area contributed by atoms with Crippen molar-refractivity contribution in [2.45, 2.75) is 13.2 Å². The fourth-order valence-electron chi connectivity index (χ4n) is 2.09. The number of rotatable bonds is 3. The molecule has 0 saturated carbocycles. The minimum atomic E-state index is -0.542. The lowest BCUT2D eigenvalue weighted by Crippen LogP contribution is -2.47. The monoisotopic (exact) mass is 235 g/mol. The molecule has 0 radical (unpaired) electrons. The summed E-state index contributed by atoms with van der Waals surface area (Å²) >= 11 is 0. The first-order chi connectivity index (χ1) is 8.13. The van der Waals surface area contributed by atoms with E-state index >= 15 is 0 Å². The third kappa shape index (κ3) is 2.37. The van der Waals surface area contributed by atoms with Gasteiger partial charge in [0.1, 0.15) is 5.82 Å². The molecule has 0 fully saturated rings. The Balaban J connectivity index is 2.39. The van der Waals surface area contributed by atoms with E-state index in [-0.39, 0.29) is 6.61 Å². The highest BCUT2D eigenvalue weighted by Gasteiger charge is 2.26. The average molecular weight is 235 g/mol. The molecule has 5 nitrogen and oxygen atoms in total. The lowest BCUT2D eigenvalue weighted by Gasteiger charge is -2.36. The van der Waals surface area contributed by atoms with Crippen LogP contribution in [0.1, 0.15) is 5.69 Å². The molecule has 1 aromatic rings. The van der Waals surface area contributed by atoms with Crippen molar-refractivity contribution < 1.29 is 10.1 Å². The number of hydrogen-bond donors (Lipinski definition) is 2. The van der Waals surface area contributed by atoms with Crippen LogP contribution in [0.5, 0.6) is 0 Å². The van der Waals surface area contributed by atoms with E-state index in [2.05, 4.69) is 9.88 Å². The number of aromatic nitrogens is 1. The molecule has 1 aliphatic heterocycles. The number of hydrogen-bond acceptors (Lipinski definition) is 5. The maximum Gasteiger partial charge on any atom is 0.410 e. The summed E-state index contributed by atoms with van der Waals surface area (Å²) in [5.41, 5.74) is 1.88. The van der Waals surface area contributed by atoms with E-state index in [1.807, 2.05) is 24.0 Å². The van der Waals surface area contributed by atoms with Gasteiger partial charge >= 0.3 is 7.05 Å². The van der Waals surface area contributed by atoms with Gasteiger partial charge in [0.15, 0.2) is 0 Å². The summed E-state index contributed by atoms with van der Waals surface area (Å²) in [6.07, 6.45) is 0.546. The Kier molecular flexibility index (Phi) is 3.54. The maximum atomic E-state index is 9.75. The van der Waals surface area contributed by atoms with Crippen LogP contribution >= 0.6 is 0 Å². The van der Waals surface area contributed by atoms with Crippen LogP contribution < -0.4 is 9.71 Å². The van der Waals surface area contributed by atoms with Crippen LogP contribution in [0.25, 0.3) is 0 Å². The van der Waals surface area contributed by atoms with E-state index in [1.165, 1.54) is 0 Å². The molecule has 0 aliphatic carbocycles. The van der Waals surface area contributed by atoms with Gasteiger partial charge in [-0.3, -0.25) is 0 Å². The Bertz CT molecular complexity index is 400. The molecule has 0 amide bonds. The molecule has 1 aliphatic rings. The standard InChI is InChI=1S/C11H18BN3O2/c1-12(17)15-7-6-14(2)10-4-3-9(5-8-16)13-11(10)15/h3-4,16-17H,5-8H2,1-2H3. The molecule has 0 spiro atoms. The first-order valence-electron chi connectivity index (χ1n) is 5.90. The zero-order valence-electron chi connectivity index (χ0n) is 10.3. The van der Waals surface area contributed by atoms with E-state index in [1.54, 1.807) is 6.82 Å². The number of aliphatic hydroxyl groups excluding tert-OH is 1. The van der Waals surface area contributed by atoms with E-state index in [0.717, 1.165) is 30.3 Å². The molecule has 6 heteroatoms. The van der Waals surface area contributed by atoms with Gasteiger partial charge < -0.3 is 19.8 Å². The number of pyridine rings is 1. The predicted octanol–water partition coefficient (Wildman–Crippen LogP) is -0.0171. The Hall–Kier alpha value is -1.27. The summed E-state index contributed by atoms with van der Waals surface area (Å²) < 4.78 is 0. The van der Waals surface area contributed by atoms with Gasteiger partial charge in [-0.25, -0.2) is 4.98 Å². The van der Waals surface area contributed by atoms with Gasteiger partial charge in [0.05, 0.1) is 5.69 Å². The van der Waals surface area contributed by atoms with Crippen LogP contribution in [0, 0.1) is 0 Å². The third-order valence-electron chi connectivity index (χ3n) is 3.09. The quantitative estimate of drug-likeness (QED) is 0.721. The zero-order valence-corrected chi connectivity index (χ0v) is 10.3. The molecule has 2 rings (SSSR count). The molecule has 92 valence electrons. The summed E-state index contributed by atoms with van der Waals surface area (Å²) in [5, 5.41) is 18.7.